The van der Waals surface area contributed by atoms with Crippen LogP contribution in [0.25, 0.3) is 0 Å². The Hall–Kier alpha value is -2.20. The summed E-state index contributed by atoms with van der Waals surface area (Å²) in [6.07, 6.45) is 5.23. The van der Waals surface area contributed by atoms with Crippen LogP contribution < -0.4 is 0 Å². The fourth-order valence-electron chi connectivity index (χ4n) is 3.33. The number of nitrogens with zero attached hydrogens (tertiary/aromatic N) is 3. The Labute approximate surface area is 144 Å². The van der Waals surface area contributed by atoms with Gasteiger partial charge in [-0.15, -0.1) is 0 Å². The van der Waals surface area contributed by atoms with Crippen LogP contribution in [0.3, 0.4) is 0 Å². The second-order valence-corrected chi connectivity index (χ2v) is 6.41. The van der Waals surface area contributed by atoms with E-state index in [1.807, 2.05) is 30.6 Å². The van der Waals surface area contributed by atoms with Gasteiger partial charge < -0.3 is 4.90 Å². The first-order valence-electron chi connectivity index (χ1n) is 8.71. The molecule has 1 aliphatic heterocycles. The van der Waals surface area contributed by atoms with Gasteiger partial charge in [-0.1, -0.05) is 37.3 Å². The molecule has 0 saturated carbocycles. The first kappa shape index (κ1) is 16.7. The van der Waals surface area contributed by atoms with Crippen molar-refractivity contribution in [3.8, 4) is 0 Å². The monoisotopic (exact) mass is 323 g/mol. The van der Waals surface area contributed by atoms with Crippen LogP contribution in [-0.4, -0.2) is 39.8 Å². The third-order valence-corrected chi connectivity index (χ3v) is 4.69. The van der Waals surface area contributed by atoms with Crippen molar-refractivity contribution < 1.29 is 4.79 Å². The number of carbonyl (C=O) groups is 1. The van der Waals surface area contributed by atoms with Crippen LogP contribution in [0.4, 0.5) is 0 Å². The number of rotatable bonds is 5. The van der Waals surface area contributed by atoms with Crippen LogP contribution in [0.5, 0.6) is 0 Å². The molecule has 2 aromatic rings. The van der Waals surface area contributed by atoms with E-state index in [-0.39, 0.29) is 11.9 Å². The molecule has 1 aromatic heterocycles. The lowest BCUT2D eigenvalue weighted by atomic mass is 10.1. The van der Waals surface area contributed by atoms with Crippen molar-refractivity contribution in [3.05, 3.63) is 66.0 Å². The Morgan fingerprint density at radius 3 is 2.46 bits per heavy atom. The molecule has 1 fully saturated rings. The predicted octanol–water partition coefficient (Wildman–Crippen LogP) is 3.09. The molecule has 0 spiro atoms. The molecule has 0 radical (unpaired) electrons. The van der Waals surface area contributed by atoms with E-state index in [0.29, 0.717) is 13.0 Å². The number of pyridine rings is 1. The zero-order chi connectivity index (χ0) is 16.8. The minimum absolute atomic E-state index is 0.266. The van der Waals surface area contributed by atoms with Crippen LogP contribution in [0.15, 0.2) is 54.9 Å². The van der Waals surface area contributed by atoms with Gasteiger partial charge in [0.15, 0.2) is 0 Å². The molecule has 4 nitrogen and oxygen atoms in total. The predicted molar refractivity (Wildman–Crippen MR) is 95.2 cm³/mol. The highest BCUT2D eigenvalue weighted by atomic mass is 16.2. The number of hydrogen-bond donors (Lipinski definition) is 0. The van der Waals surface area contributed by atoms with Crippen molar-refractivity contribution in [2.24, 2.45) is 0 Å². The van der Waals surface area contributed by atoms with Crippen molar-refractivity contribution in [3.63, 3.8) is 0 Å². The lowest BCUT2D eigenvalue weighted by molar-refractivity contribution is -0.133. The molecule has 0 bridgehead atoms. The SMILES string of the molecule is CC[C@H]1CN(Cc2ccncc2)CCC(=O)N1Cc1ccccc1. The van der Waals surface area contributed by atoms with Crippen LogP contribution >= 0.6 is 0 Å². The van der Waals surface area contributed by atoms with Gasteiger partial charge in [0, 0.05) is 51.0 Å². The fourth-order valence-corrected chi connectivity index (χ4v) is 3.33. The second kappa shape index (κ2) is 8.06. The second-order valence-electron chi connectivity index (χ2n) is 6.41. The molecule has 0 unspecified atom stereocenters. The van der Waals surface area contributed by atoms with E-state index < -0.39 is 0 Å². The fraction of sp³-hybridized carbons (Fsp3) is 0.400. The van der Waals surface area contributed by atoms with E-state index in [4.69, 9.17) is 0 Å². The average molecular weight is 323 g/mol. The van der Waals surface area contributed by atoms with Crippen LogP contribution in [0.2, 0.25) is 0 Å². The number of amides is 1. The maximum Gasteiger partial charge on any atom is 0.224 e. The molecule has 1 aliphatic rings. The quantitative estimate of drug-likeness (QED) is 0.848. The Kier molecular flexibility index (Phi) is 5.59. The molecular formula is C20H25N3O. The molecule has 126 valence electrons. The Bertz CT molecular complexity index is 644. The zero-order valence-corrected chi connectivity index (χ0v) is 14.3. The molecule has 1 amide bonds. The number of carbonyl (C=O) groups excluding carboxylic acids is 1. The van der Waals surface area contributed by atoms with Gasteiger partial charge in [-0.05, 0) is 29.7 Å². The normalized spacial score (nSPS) is 19.3. The number of benzene rings is 1. The summed E-state index contributed by atoms with van der Waals surface area (Å²) in [5.74, 6) is 0.267. The topological polar surface area (TPSA) is 36.4 Å². The van der Waals surface area contributed by atoms with Gasteiger partial charge in [0.25, 0.3) is 0 Å². The van der Waals surface area contributed by atoms with Crippen molar-refractivity contribution >= 4 is 5.91 Å². The van der Waals surface area contributed by atoms with E-state index in [9.17, 15) is 4.79 Å². The third kappa shape index (κ3) is 4.20. The standard InChI is InChI=1S/C20H25N3O/c1-2-19-16-22(14-18-8-11-21-12-9-18)13-10-20(24)23(19)15-17-6-4-3-5-7-17/h3-9,11-12,19H,2,10,13-16H2,1H3/t19-/m0/s1. The molecular weight excluding hydrogens is 298 g/mol. The van der Waals surface area contributed by atoms with E-state index in [0.717, 1.165) is 26.1 Å². The first-order chi connectivity index (χ1) is 11.8. The summed E-state index contributed by atoms with van der Waals surface area (Å²) in [5, 5.41) is 0. The molecule has 0 N–H and O–H groups in total. The first-order valence-corrected chi connectivity index (χ1v) is 8.71. The summed E-state index contributed by atoms with van der Waals surface area (Å²) >= 11 is 0. The van der Waals surface area contributed by atoms with Gasteiger partial charge in [-0.25, -0.2) is 0 Å². The van der Waals surface area contributed by atoms with E-state index >= 15 is 0 Å². The maximum atomic E-state index is 12.7. The van der Waals surface area contributed by atoms with Crippen molar-refractivity contribution in [1.82, 2.24) is 14.8 Å². The molecule has 3 rings (SSSR count). The zero-order valence-electron chi connectivity index (χ0n) is 14.3. The molecule has 0 aliphatic carbocycles. The van der Waals surface area contributed by atoms with E-state index in [1.54, 1.807) is 0 Å². The highest BCUT2D eigenvalue weighted by Crippen LogP contribution is 2.19. The molecule has 1 atom stereocenters. The Balaban J connectivity index is 1.71. The lowest BCUT2D eigenvalue weighted by Crippen LogP contribution is -2.42. The maximum absolute atomic E-state index is 12.7. The highest BCUT2D eigenvalue weighted by Gasteiger charge is 2.28. The summed E-state index contributed by atoms with van der Waals surface area (Å²) in [6.45, 7) is 5.51. The minimum Gasteiger partial charge on any atom is -0.334 e. The molecule has 1 aromatic carbocycles. The van der Waals surface area contributed by atoms with Gasteiger partial charge in [0.1, 0.15) is 0 Å². The summed E-state index contributed by atoms with van der Waals surface area (Å²) in [5.41, 5.74) is 2.45. The van der Waals surface area contributed by atoms with Crippen LogP contribution in [0, 0.1) is 0 Å². The highest BCUT2D eigenvalue weighted by molar-refractivity contribution is 5.77. The molecule has 1 saturated heterocycles. The average Bonchev–Trinajstić information content (AvgIpc) is 2.77. The van der Waals surface area contributed by atoms with Crippen molar-refractivity contribution in [2.45, 2.75) is 38.9 Å². The lowest BCUT2D eigenvalue weighted by Gasteiger charge is -2.31. The summed E-state index contributed by atoms with van der Waals surface area (Å²) in [4.78, 5) is 21.2. The smallest absolute Gasteiger partial charge is 0.224 e. The Morgan fingerprint density at radius 1 is 1.04 bits per heavy atom. The minimum atomic E-state index is 0.266. The van der Waals surface area contributed by atoms with Gasteiger partial charge in [-0.2, -0.15) is 0 Å². The third-order valence-electron chi connectivity index (χ3n) is 4.69. The van der Waals surface area contributed by atoms with Crippen LogP contribution in [0.1, 0.15) is 30.9 Å². The summed E-state index contributed by atoms with van der Waals surface area (Å²) < 4.78 is 0. The molecule has 2 heterocycles. The largest absolute Gasteiger partial charge is 0.334 e. The van der Waals surface area contributed by atoms with Gasteiger partial charge in [0.05, 0.1) is 0 Å². The molecule has 24 heavy (non-hydrogen) atoms. The molecule has 4 heteroatoms. The summed E-state index contributed by atoms with van der Waals surface area (Å²) in [7, 11) is 0. The number of hydrogen-bond acceptors (Lipinski definition) is 3. The van der Waals surface area contributed by atoms with Gasteiger partial charge in [-0.3, -0.25) is 14.7 Å². The van der Waals surface area contributed by atoms with Crippen molar-refractivity contribution in [2.75, 3.05) is 13.1 Å². The van der Waals surface area contributed by atoms with Gasteiger partial charge in [0.2, 0.25) is 5.91 Å². The van der Waals surface area contributed by atoms with Crippen molar-refractivity contribution in [1.29, 1.82) is 0 Å². The van der Waals surface area contributed by atoms with Gasteiger partial charge >= 0.3 is 0 Å². The Morgan fingerprint density at radius 2 is 1.75 bits per heavy atom. The van der Waals surface area contributed by atoms with E-state index in [2.05, 4.69) is 46.0 Å². The summed E-state index contributed by atoms with van der Waals surface area (Å²) in [6, 6.07) is 14.6. The van der Waals surface area contributed by atoms with E-state index in [1.165, 1.54) is 11.1 Å². The van der Waals surface area contributed by atoms with Crippen LogP contribution in [-0.2, 0) is 17.9 Å². The number of aromatic nitrogens is 1.